The van der Waals surface area contributed by atoms with Gasteiger partial charge < -0.3 is 13.7 Å². The Morgan fingerprint density at radius 3 is 1.40 bits per heavy atom. The lowest BCUT2D eigenvalue weighted by atomic mass is 9.99. The lowest BCUT2D eigenvalue weighted by Crippen LogP contribution is -2.02. The maximum Gasteiger partial charge on any atom is 0.101 e. The van der Waals surface area contributed by atoms with Gasteiger partial charge in [0.15, 0.2) is 0 Å². The van der Waals surface area contributed by atoms with Crippen LogP contribution in [0.3, 0.4) is 0 Å². The zero-order valence-corrected chi connectivity index (χ0v) is 29.5. The van der Waals surface area contributed by atoms with Gasteiger partial charge >= 0.3 is 0 Å². The van der Waals surface area contributed by atoms with Gasteiger partial charge in [-0.2, -0.15) is 10.5 Å². The zero-order chi connectivity index (χ0) is 36.6. The van der Waals surface area contributed by atoms with Crippen LogP contribution in [0.4, 0.5) is 0 Å². The fraction of sp³-hybridized carbons (Fsp3) is 0. The van der Waals surface area contributed by atoms with E-state index in [1.807, 2.05) is 36.4 Å². The van der Waals surface area contributed by atoms with Gasteiger partial charge in [-0.05, 0) is 66.2 Å². The fourth-order valence-electron chi connectivity index (χ4n) is 8.82. The second kappa shape index (κ2) is 11.8. The number of benzene rings is 8. The third-order valence-electron chi connectivity index (χ3n) is 11.1. The molecule has 0 aliphatic heterocycles. The smallest absolute Gasteiger partial charge is 0.101 e. The summed E-state index contributed by atoms with van der Waals surface area (Å²) in [7, 11) is 0. The topological polar surface area (TPSA) is 62.4 Å². The molecule has 0 saturated carbocycles. The standard InChI is InChI=1S/C50H29N5/c51-30-33-11-9-17-37(49(33)55-47-22-8-4-16-41(47)43-18-10-12-34(31-52)50(43)55)32-23-25-35(26-24-32)53-44-19-5-3-15-40(44)42-28-27-36(29-48(42)53)54-45-20-6-1-13-38(45)39-14-2-7-21-46(39)54/h1-29H. The maximum atomic E-state index is 10.5. The zero-order valence-electron chi connectivity index (χ0n) is 29.5. The van der Waals surface area contributed by atoms with E-state index in [0.29, 0.717) is 11.1 Å². The fourth-order valence-corrected chi connectivity index (χ4v) is 8.82. The summed E-state index contributed by atoms with van der Waals surface area (Å²) in [5.74, 6) is 0. The number of aromatic nitrogens is 3. The average molecular weight is 700 g/mol. The minimum absolute atomic E-state index is 0.539. The predicted octanol–water partition coefficient (Wildman–Crippen LogP) is 12.4. The number of nitrogens with zero attached hydrogens (tertiary/aromatic N) is 5. The van der Waals surface area contributed by atoms with Crippen molar-refractivity contribution in [1.29, 1.82) is 10.5 Å². The lowest BCUT2D eigenvalue weighted by Gasteiger charge is -2.17. The van der Waals surface area contributed by atoms with Gasteiger partial charge in [-0.3, -0.25) is 0 Å². The molecule has 3 aromatic heterocycles. The van der Waals surface area contributed by atoms with Crippen molar-refractivity contribution < 1.29 is 0 Å². The SMILES string of the molecule is N#Cc1cccc(-c2ccc(-n3c4ccccc4c4ccc(-n5c6ccccc6c6ccccc65)cc43)cc2)c1-n1c2ccccc2c2cccc(C#N)c21. The van der Waals surface area contributed by atoms with Gasteiger partial charge in [-0.1, -0.05) is 115 Å². The number of rotatable bonds is 4. The molecule has 11 aromatic rings. The molecule has 0 bridgehead atoms. The Kier molecular flexibility index (Phi) is 6.61. The van der Waals surface area contributed by atoms with Gasteiger partial charge in [0.05, 0.1) is 49.9 Å². The molecule has 0 radical (unpaired) electrons. The molecule has 0 N–H and O–H groups in total. The first kappa shape index (κ1) is 30.7. The van der Waals surface area contributed by atoms with Crippen LogP contribution in [-0.4, -0.2) is 13.7 Å². The summed E-state index contributed by atoms with van der Waals surface area (Å²) in [6.45, 7) is 0. The summed E-state index contributed by atoms with van der Waals surface area (Å²) in [4.78, 5) is 0. The summed E-state index contributed by atoms with van der Waals surface area (Å²) >= 11 is 0. The average Bonchev–Trinajstić information content (AvgIpc) is 3.89. The van der Waals surface area contributed by atoms with Crippen LogP contribution in [0.5, 0.6) is 0 Å². The van der Waals surface area contributed by atoms with Crippen LogP contribution in [0.2, 0.25) is 0 Å². The van der Waals surface area contributed by atoms with Crippen LogP contribution in [0.15, 0.2) is 176 Å². The molecule has 0 fully saturated rings. The first-order chi connectivity index (χ1) is 27.2. The highest BCUT2D eigenvalue weighted by Gasteiger charge is 2.21. The minimum atomic E-state index is 0.539. The third-order valence-corrected chi connectivity index (χ3v) is 11.1. The van der Waals surface area contributed by atoms with Crippen LogP contribution < -0.4 is 0 Å². The normalized spacial score (nSPS) is 11.6. The summed E-state index contributed by atoms with van der Waals surface area (Å²) in [6, 6.07) is 66.0. The van der Waals surface area contributed by atoms with Gasteiger partial charge in [0, 0.05) is 49.3 Å². The van der Waals surface area contributed by atoms with Gasteiger partial charge in [0.1, 0.15) is 12.1 Å². The van der Waals surface area contributed by atoms with Crippen LogP contribution in [-0.2, 0) is 0 Å². The predicted molar refractivity (Wildman–Crippen MR) is 224 cm³/mol. The molecule has 254 valence electrons. The molecule has 8 aromatic carbocycles. The summed E-state index contributed by atoms with van der Waals surface area (Å²) in [5, 5.41) is 27.6. The number of nitriles is 2. The molecule has 0 aliphatic rings. The molecule has 0 atom stereocenters. The Balaban J connectivity index is 1.12. The van der Waals surface area contributed by atoms with E-state index in [1.165, 1.54) is 32.6 Å². The highest BCUT2D eigenvalue weighted by atomic mass is 15.0. The minimum Gasteiger partial charge on any atom is -0.309 e. The molecular weight excluding hydrogens is 671 g/mol. The van der Waals surface area contributed by atoms with Crippen molar-refractivity contribution in [1.82, 2.24) is 13.7 Å². The maximum absolute atomic E-state index is 10.5. The van der Waals surface area contributed by atoms with E-state index in [9.17, 15) is 10.5 Å². The summed E-state index contributed by atoms with van der Waals surface area (Å²) in [6.07, 6.45) is 0. The van der Waals surface area contributed by atoms with E-state index in [2.05, 4.69) is 165 Å². The quantitative estimate of drug-likeness (QED) is 0.184. The highest BCUT2D eigenvalue weighted by Crippen LogP contribution is 2.41. The first-order valence-corrected chi connectivity index (χ1v) is 18.3. The summed E-state index contributed by atoms with van der Waals surface area (Å²) in [5.41, 5.74) is 12.3. The molecular formula is C50H29N5. The van der Waals surface area contributed by atoms with Crippen molar-refractivity contribution in [3.63, 3.8) is 0 Å². The first-order valence-electron chi connectivity index (χ1n) is 18.3. The second-order valence-corrected chi connectivity index (χ2v) is 14.0. The van der Waals surface area contributed by atoms with Crippen molar-refractivity contribution in [2.24, 2.45) is 0 Å². The van der Waals surface area contributed by atoms with E-state index < -0.39 is 0 Å². The number of hydrogen-bond acceptors (Lipinski definition) is 2. The Morgan fingerprint density at radius 1 is 0.345 bits per heavy atom. The Labute approximate surface area is 316 Å². The molecule has 0 unspecified atom stereocenters. The van der Waals surface area contributed by atoms with Crippen LogP contribution >= 0.6 is 0 Å². The molecule has 55 heavy (non-hydrogen) atoms. The molecule has 0 aliphatic carbocycles. The van der Waals surface area contributed by atoms with E-state index in [-0.39, 0.29) is 0 Å². The van der Waals surface area contributed by atoms with Gasteiger partial charge in [-0.15, -0.1) is 0 Å². The van der Waals surface area contributed by atoms with Gasteiger partial charge in [0.25, 0.3) is 0 Å². The Bertz CT molecular complexity index is 3400. The van der Waals surface area contributed by atoms with E-state index in [1.54, 1.807) is 0 Å². The number of fused-ring (bicyclic) bond motifs is 9. The molecule has 0 amide bonds. The second-order valence-electron chi connectivity index (χ2n) is 14.0. The largest absolute Gasteiger partial charge is 0.309 e. The molecule has 11 rings (SSSR count). The Morgan fingerprint density at radius 2 is 0.800 bits per heavy atom. The van der Waals surface area contributed by atoms with Crippen molar-refractivity contribution in [2.75, 3.05) is 0 Å². The van der Waals surface area contributed by atoms with Crippen LogP contribution in [0.1, 0.15) is 11.1 Å². The highest BCUT2D eigenvalue weighted by molar-refractivity contribution is 6.13. The molecule has 5 heteroatoms. The number of para-hydroxylation sites is 6. The Hall–Kier alpha value is -7.86. The van der Waals surface area contributed by atoms with Gasteiger partial charge in [0.2, 0.25) is 0 Å². The molecule has 3 heterocycles. The molecule has 5 nitrogen and oxygen atoms in total. The van der Waals surface area contributed by atoms with Crippen molar-refractivity contribution >= 4 is 65.4 Å². The van der Waals surface area contributed by atoms with E-state index >= 15 is 0 Å². The van der Waals surface area contributed by atoms with E-state index in [0.717, 1.165) is 61.0 Å². The van der Waals surface area contributed by atoms with Crippen molar-refractivity contribution in [3.05, 3.63) is 187 Å². The molecule has 0 spiro atoms. The van der Waals surface area contributed by atoms with Gasteiger partial charge in [-0.25, -0.2) is 0 Å². The summed E-state index contributed by atoms with van der Waals surface area (Å²) < 4.78 is 6.82. The lowest BCUT2D eigenvalue weighted by molar-refractivity contribution is 1.15. The third kappa shape index (κ3) is 4.39. The van der Waals surface area contributed by atoms with Crippen LogP contribution in [0, 0.1) is 22.7 Å². The monoisotopic (exact) mass is 699 g/mol. The van der Waals surface area contributed by atoms with Crippen LogP contribution in [0.25, 0.3) is 93.6 Å². The van der Waals surface area contributed by atoms with Crippen molar-refractivity contribution in [2.45, 2.75) is 0 Å². The number of hydrogen-bond donors (Lipinski definition) is 0. The van der Waals surface area contributed by atoms with E-state index in [4.69, 9.17) is 0 Å². The molecule has 0 saturated heterocycles. The van der Waals surface area contributed by atoms with Crippen molar-refractivity contribution in [3.8, 4) is 40.3 Å².